The summed E-state index contributed by atoms with van der Waals surface area (Å²) in [5, 5.41) is 4.18. The van der Waals surface area contributed by atoms with Gasteiger partial charge in [-0.15, -0.1) is 12.4 Å². The zero-order chi connectivity index (χ0) is 16.8. The first-order chi connectivity index (χ1) is 11.5. The molecule has 1 N–H and O–H groups in total. The van der Waals surface area contributed by atoms with E-state index in [9.17, 15) is 4.79 Å². The van der Waals surface area contributed by atoms with Gasteiger partial charge in [-0.05, 0) is 30.3 Å². The minimum absolute atomic E-state index is 0. The van der Waals surface area contributed by atoms with E-state index in [-0.39, 0.29) is 18.1 Å². The molecule has 8 heteroatoms. The third-order valence-electron chi connectivity index (χ3n) is 4.12. The van der Waals surface area contributed by atoms with E-state index in [1.165, 1.54) is 6.33 Å². The van der Waals surface area contributed by atoms with Crippen LogP contribution in [0.2, 0.25) is 0 Å². The summed E-state index contributed by atoms with van der Waals surface area (Å²) in [5.74, 6) is 0.705. The number of aryl methyl sites for hydroxylation is 2. The SMILES string of the molecule is Cl.Cn1c(=O)n(C)c2cc3c(Nc4cccc(Br)c4)ncnc3cc21. The van der Waals surface area contributed by atoms with E-state index in [1.54, 1.807) is 23.2 Å². The Morgan fingerprint density at radius 1 is 1.04 bits per heavy atom. The molecule has 0 unspecified atom stereocenters. The summed E-state index contributed by atoms with van der Waals surface area (Å²) in [6.07, 6.45) is 1.52. The molecule has 0 spiro atoms. The molecule has 0 saturated carbocycles. The number of halogens is 2. The molecule has 0 amide bonds. The highest BCUT2D eigenvalue weighted by Crippen LogP contribution is 2.27. The quantitative estimate of drug-likeness (QED) is 0.536. The van der Waals surface area contributed by atoms with Gasteiger partial charge in [0.15, 0.2) is 0 Å². The van der Waals surface area contributed by atoms with Crippen LogP contribution in [-0.4, -0.2) is 19.1 Å². The molecule has 128 valence electrons. The van der Waals surface area contributed by atoms with Crippen molar-refractivity contribution in [2.24, 2.45) is 14.1 Å². The third-order valence-corrected chi connectivity index (χ3v) is 4.61. The van der Waals surface area contributed by atoms with E-state index in [2.05, 4.69) is 31.2 Å². The van der Waals surface area contributed by atoms with E-state index in [0.717, 1.165) is 32.1 Å². The lowest BCUT2D eigenvalue weighted by Crippen LogP contribution is -2.19. The van der Waals surface area contributed by atoms with E-state index >= 15 is 0 Å². The Balaban J connectivity index is 0.00000182. The summed E-state index contributed by atoms with van der Waals surface area (Å²) in [6, 6.07) is 11.7. The number of anilines is 2. The van der Waals surface area contributed by atoms with Gasteiger partial charge in [-0.25, -0.2) is 14.8 Å². The number of hydrogen-bond acceptors (Lipinski definition) is 4. The fourth-order valence-corrected chi connectivity index (χ4v) is 3.25. The fourth-order valence-electron chi connectivity index (χ4n) is 2.85. The first-order valence-corrected chi connectivity index (χ1v) is 8.16. The lowest BCUT2D eigenvalue weighted by atomic mass is 10.2. The van der Waals surface area contributed by atoms with Crippen LogP contribution in [0, 0.1) is 0 Å². The van der Waals surface area contributed by atoms with Gasteiger partial charge in [0.2, 0.25) is 0 Å². The van der Waals surface area contributed by atoms with Crippen LogP contribution in [0.25, 0.3) is 21.9 Å². The first kappa shape index (κ1) is 17.4. The molecule has 0 atom stereocenters. The molecule has 4 aromatic rings. The van der Waals surface area contributed by atoms with Gasteiger partial charge in [-0.3, -0.25) is 9.13 Å². The third kappa shape index (κ3) is 2.89. The van der Waals surface area contributed by atoms with Crippen LogP contribution in [0.5, 0.6) is 0 Å². The number of hydrogen-bond donors (Lipinski definition) is 1. The lowest BCUT2D eigenvalue weighted by molar-refractivity contribution is 0.795. The Morgan fingerprint density at radius 2 is 1.76 bits per heavy atom. The molecule has 0 fully saturated rings. The zero-order valence-corrected chi connectivity index (χ0v) is 15.9. The van der Waals surface area contributed by atoms with Crippen LogP contribution in [0.15, 0.2) is 52.0 Å². The molecule has 4 rings (SSSR count). The predicted octanol–water partition coefficient (Wildman–Crippen LogP) is 3.75. The zero-order valence-electron chi connectivity index (χ0n) is 13.5. The van der Waals surface area contributed by atoms with E-state index in [0.29, 0.717) is 5.82 Å². The first-order valence-electron chi connectivity index (χ1n) is 7.37. The average molecular weight is 421 g/mol. The second-order valence-electron chi connectivity index (χ2n) is 5.62. The average Bonchev–Trinajstić information content (AvgIpc) is 2.78. The van der Waals surface area contributed by atoms with Crippen molar-refractivity contribution in [1.29, 1.82) is 0 Å². The fraction of sp³-hybridized carbons (Fsp3) is 0.118. The molecule has 2 heterocycles. The van der Waals surface area contributed by atoms with Gasteiger partial charge in [0, 0.05) is 29.6 Å². The number of imidazole rings is 1. The smallest absolute Gasteiger partial charge is 0.328 e. The van der Waals surface area contributed by atoms with Crippen molar-refractivity contribution in [2.45, 2.75) is 0 Å². The van der Waals surface area contributed by atoms with Crippen LogP contribution in [0.1, 0.15) is 0 Å². The van der Waals surface area contributed by atoms with Crippen LogP contribution in [0.3, 0.4) is 0 Å². The monoisotopic (exact) mass is 419 g/mol. The number of nitrogens with zero attached hydrogens (tertiary/aromatic N) is 4. The van der Waals surface area contributed by atoms with Gasteiger partial charge in [0.05, 0.1) is 16.6 Å². The van der Waals surface area contributed by atoms with Gasteiger partial charge in [-0.1, -0.05) is 22.0 Å². The van der Waals surface area contributed by atoms with Crippen LogP contribution in [0.4, 0.5) is 11.5 Å². The largest absolute Gasteiger partial charge is 0.340 e. The van der Waals surface area contributed by atoms with Crippen molar-refractivity contribution in [2.75, 3.05) is 5.32 Å². The minimum Gasteiger partial charge on any atom is -0.340 e. The topological polar surface area (TPSA) is 64.7 Å². The maximum Gasteiger partial charge on any atom is 0.328 e. The minimum atomic E-state index is -0.0604. The highest BCUT2D eigenvalue weighted by atomic mass is 79.9. The normalized spacial score (nSPS) is 10.8. The highest BCUT2D eigenvalue weighted by Gasteiger charge is 2.12. The van der Waals surface area contributed by atoms with Gasteiger partial charge < -0.3 is 5.32 Å². The van der Waals surface area contributed by atoms with Gasteiger partial charge >= 0.3 is 5.69 Å². The van der Waals surface area contributed by atoms with Crippen LogP contribution < -0.4 is 11.0 Å². The highest BCUT2D eigenvalue weighted by molar-refractivity contribution is 9.10. The Bertz CT molecular complexity index is 1150. The van der Waals surface area contributed by atoms with Crippen molar-refractivity contribution in [3.05, 3.63) is 57.7 Å². The number of nitrogens with one attached hydrogen (secondary N) is 1. The Morgan fingerprint density at radius 3 is 2.48 bits per heavy atom. The molecule has 0 aliphatic carbocycles. The standard InChI is InChI=1S/C17H14BrN5O.ClH/c1-22-14-7-12-13(8-15(14)23(2)17(22)24)19-9-20-16(12)21-11-5-3-4-10(18)6-11;/h3-9H,1-2H3,(H,19,20,21);1H. The second kappa shape index (κ2) is 6.50. The molecular weight excluding hydrogens is 406 g/mol. The van der Waals surface area contributed by atoms with Gasteiger partial charge in [0.25, 0.3) is 0 Å². The van der Waals surface area contributed by atoms with Crippen molar-refractivity contribution in [1.82, 2.24) is 19.1 Å². The molecule has 0 aliphatic heterocycles. The number of fused-ring (bicyclic) bond motifs is 2. The summed E-state index contributed by atoms with van der Waals surface area (Å²) in [5.41, 5.74) is 3.35. The lowest BCUT2D eigenvalue weighted by Gasteiger charge is -2.09. The summed E-state index contributed by atoms with van der Waals surface area (Å²) in [6.45, 7) is 0. The molecule has 0 saturated heterocycles. The molecule has 2 aromatic carbocycles. The Kier molecular flexibility index (Phi) is 4.53. The van der Waals surface area contributed by atoms with Crippen LogP contribution in [-0.2, 0) is 14.1 Å². The maximum atomic E-state index is 12.1. The molecule has 0 bridgehead atoms. The molecule has 2 aromatic heterocycles. The van der Waals surface area contributed by atoms with Crippen molar-refractivity contribution in [3.63, 3.8) is 0 Å². The van der Waals surface area contributed by atoms with Gasteiger partial charge in [-0.2, -0.15) is 0 Å². The Hall–Kier alpha value is -2.38. The van der Waals surface area contributed by atoms with Crippen molar-refractivity contribution in [3.8, 4) is 0 Å². The molecule has 0 radical (unpaired) electrons. The van der Waals surface area contributed by atoms with Gasteiger partial charge in [0.1, 0.15) is 12.1 Å². The summed E-state index contributed by atoms with van der Waals surface area (Å²) >= 11 is 3.46. The van der Waals surface area contributed by atoms with E-state index in [4.69, 9.17) is 0 Å². The van der Waals surface area contributed by atoms with E-state index in [1.807, 2.05) is 36.4 Å². The van der Waals surface area contributed by atoms with Crippen molar-refractivity contribution < 1.29 is 0 Å². The Labute approximate surface area is 158 Å². The summed E-state index contributed by atoms with van der Waals surface area (Å²) in [7, 11) is 3.53. The summed E-state index contributed by atoms with van der Waals surface area (Å²) < 4.78 is 4.24. The molecule has 0 aliphatic rings. The molecular formula is C17H15BrClN5O. The number of rotatable bonds is 2. The van der Waals surface area contributed by atoms with Crippen LogP contribution >= 0.6 is 28.3 Å². The molecule has 25 heavy (non-hydrogen) atoms. The van der Waals surface area contributed by atoms with Crippen molar-refractivity contribution >= 4 is 61.8 Å². The van der Waals surface area contributed by atoms with E-state index < -0.39 is 0 Å². The predicted molar refractivity (Wildman–Crippen MR) is 106 cm³/mol. The maximum absolute atomic E-state index is 12.1. The number of benzene rings is 2. The second-order valence-corrected chi connectivity index (χ2v) is 6.53. The molecule has 6 nitrogen and oxygen atoms in total. The summed E-state index contributed by atoms with van der Waals surface area (Å²) in [4.78, 5) is 20.9. The number of aromatic nitrogens is 4.